The lowest BCUT2D eigenvalue weighted by atomic mass is 9.72. The van der Waals surface area contributed by atoms with Gasteiger partial charge in [0, 0.05) is 0 Å². The lowest BCUT2D eigenvalue weighted by Crippen LogP contribution is -2.30. The van der Waals surface area contributed by atoms with Gasteiger partial charge in [-0.2, -0.15) is 0 Å². The molecule has 126 valence electrons. The second-order valence-corrected chi connectivity index (χ2v) is 7.22. The highest BCUT2D eigenvalue weighted by Crippen LogP contribution is 2.38. The number of hydrogen-bond donors (Lipinski definition) is 0. The molecule has 0 amide bonds. The van der Waals surface area contributed by atoms with Crippen molar-refractivity contribution in [1.82, 2.24) is 0 Å². The summed E-state index contributed by atoms with van der Waals surface area (Å²) in [7, 11) is 0. The van der Waals surface area contributed by atoms with Crippen LogP contribution in [0.15, 0.2) is 5.16 Å². The Balaban J connectivity index is 2.61. The van der Waals surface area contributed by atoms with Gasteiger partial charge in [-0.1, -0.05) is 41.9 Å². The smallest absolute Gasteiger partial charge is 0.364 e. The van der Waals surface area contributed by atoms with Gasteiger partial charge in [0.15, 0.2) is 0 Å². The largest absolute Gasteiger partial charge is 0.461 e. The van der Waals surface area contributed by atoms with Crippen molar-refractivity contribution in [3.63, 3.8) is 0 Å². The van der Waals surface area contributed by atoms with Gasteiger partial charge in [-0.25, -0.2) is 4.79 Å². The van der Waals surface area contributed by atoms with E-state index >= 15 is 0 Å². The van der Waals surface area contributed by atoms with Gasteiger partial charge >= 0.3 is 5.97 Å². The van der Waals surface area contributed by atoms with Crippen molar-refractivity contribution in [2.24, 2.45) is 16.5 Å². The maximum absolute atomic E-state index is 11.7. The number of nitrogens with zero attached hydrogens (tertiary/aromatic N) is 1. The standard InChI is InChI=1S/C16H26BrNO4/c1-5-21-15(20)14(13(19)10-17)18-22-12-8-6-11(7-9-12)16(2,3)4/h11-12H,5-10H2,1-4H3/t11-,12-. The molecule has 22 heavy (non-hydrogen) atoms. The van der Waals surface area contributed by atoms with Crippen LogP contribution < -0.4 is 0 Å². The molecule has 0 heterocycles. The number of ether oxygens (including phenoxy) is 1. The predicted molar refractivity (Wildman–Crippen MR) is 89.2 cm³/mol. The van der Waals surface area contributed by atoms with Crippen LogP contribution in [0.3, 0.4) is 0 Å². The van der Waals surface area contributed by atoms with Crippen molar-refractivity contribution >= 4 is 33.4 Å². The van der Waals surface area contributed by atoms with Crippen LogP contribution in [0.25, 0.3) is 0 Å². The summed E-state index contributed by atoms with van der Waals surface area (Å²) < 4.78 is 4.84. The minimum atomic E-state index is -0.727. The number of carbonyl (C=O) groups excluding carboxylic acids is 2. The van der Waals surface area contributed by atoms with Crippen LogP contribution in [0.2, 0.25) is 0 Å². The molecule has 1 aliphatic rings. The zero-order valence-corrected chi connectivity index (χ0v) is 15.4. The predicted octanol–water partition coefficient (Wildman–Crippen LogP) is 3.49. The normalized spacial score (nSPS) is 23.0. The second kappa shape index (κ2) is 8.65. The first-order valence-corrected chi connectivity index (χ1v) is 8.91. The van der Waals surface area contributed by atoms with Crippen LogP contribution in [0.1, 0.15) is 53.4 Å². The Hall–Kier alpha value is -0.910. The quantitative estimate of drug-likeness (QED) is 0.234. The summed E-state index contributed by atoms with van der Waals surface area (Å²) >= 11 is 3.04. The average Bonchev–Trinajstić information content (AvgIpc) is 2.47. The summed E-state index contributed by atoms with van der Waals surface area (Å²) in [6.45, 7) is 8.65. The third-order valence-corrected chi connectivity index (χ3v) is 4.56. The molecule has 6 heteroatoms. The summed E-state index contributed by atoms with van der Waals surface area (Å²) in [4.78, 5) is 28.9. The van der Waals surface area contributed by atoms with Crippen LogP contribution in [-0.2, 0) is 19.2 Å². The number of esters is 1. The minimum absolute atomic E-state index is 0.0186. The molecular formula is C16H26BrNO4. The van der Waals surface area contributed by atoms with E-state index in [1.807, 2.05) is 0 Å². The van der Waals surface area contributed by atoms with Crippen molar-refractivity contribution in [2.45, 2.75) is 59.5 Å². The van der Waals surface area contributed by atoms with E-state index in [1.165, 1.54) is 0 Å². The highest BCUT2D eigenvalue weighted by Gasteiger charge is 2.31. The maximum Gasteiger partial charge on any atom is 0.364 e. The highest BCUT2D eigenvalue weighted by atomic mass is 79.9. The zero-order valence-electron chi connectivity index (χ0n) is 13.9. The molecule has 0 aliphatic heterocycles. The molecule has 0 aromatic carbocycles. The molecule has 1 saturated carbocycles. The number of Topliss-reactive ketones (excluding diaryl/α,β-unsaturated/α-hetero) is 1. The number of carbonyl (C=O) groups is 2. The third-order valence-electron chi connectivity index (χ3n) is 4.05. The Morgan fingerprint density at radius 2 is 1.77 bits per heavy atom. The van der Waals surface area contributed by atoms with Crippen LogP contribution in [0.5, 0.6) is 0 Å². The van der Waals surface area contributed by atoms with Gasteiger partial charge in [0.2, 0.25) is 11.5 Å². The maximum atomic E-state index is 11.7. The van der Waals surface area contributed by atoms with Crippen molar-refractivity contribution in [3.05, 3.63) is 0 Å². The molecular weight excluding hydrogens is 350 g/mol. The van der Waals surface area contributed by atoms with Gasteiger partial charge in [-0.3, -0.25) is 4.79 Å². The second-order valence-electron chi connectivity index (χ2n) is 6.66. The van der Waals surface area contributed by atoms with Crippen molar-refractivity contribution in [2.75, 3.05) is 11.9 Å². The molecule has 0 aromatic rings. The van der Waals surface area contributed by atoms with E-state index in [1.54, 1.807) is 6.92 Å². The van der Waals surface area contributed by atoms with E-state index in [4.69, 9.17) is 9.57 Å². The molecule has 0 unspecified atom stereocenters. The Kier molecular flexibility index (Phi) is 7.53. The molecule has 5 nitrogen and oxygen atoms in total. The average molecular weight is 376 g/mol. The lowest BCUT2D eigenvalue weighted by Gasteiger charge is -2.36. The van der Waals surface area contributed by atoms with Crippen LogP contribution in [0.4, 0.5) is 0 Å². The first-order chi connectivity index (χ1) is 10.3. The molecule has 1 rings (SSSR count). The van der Waals surface area contributed by atoms with E-state index in [0.717, 1.165) is 25.7 Å². The number of alkyl halides is 1. The Morgan fingerprint density at radius 1 is 1.18 bits per heavy atom. The van der Waals surface area contributed by atoms with Crippen molar-refractivity contribution < 1.29 is 19.2 Å². The molecule has 0 bridgehead atoms. The number of oxime groups is 1. The van der Waals surface area contributed by atoms with E-state index in [-0.39, 0.29) is 23.8 Å². The molecule has 0 radical (unpaired) electrons. The van der Waals surface area contributed by atoms with Crippen LogP contribution in [0, 0.1) is 11.3 Å². The van der Waals surface area contributed by atoms with Gasteiger partial charge in [0.1, 0.15) is 6.10 Å². The van der Waals surface area contributed by atoms with Crippen molar-refractivity contribution in [1.29, 1.82) is 0 Å². The topological polar surface area (TPSA) is 65.0 Å². The zero-order chi connectivity index (χ0) is 16.8. The number of hydrogen-bond acceptors (Lipinski definition) is 5. The first-order valence-electron chi connectivity index (χ1n) is 7.79. The Morgan fingerprint density at radius 3 is 2.23 bits per heavy atom. The summed E-state index contributed by atoms with van der Waals surface area (Å²) in [5.74, 6) is -0.484. The first kappa shape index (κ1) is 19.1. The minimum Gasteiger partial charge on any atom is -0.461 e. The van der Waals surface area contributed by atoms with Gasteiger partial charge in [0.25, 0.3) is 0 Å². The SMILES string of the molecule is CCOC(=O)C(=NO[C@H]1CC[C@H](C(C)(C)C)CC1)C(=O)CBr. The van der Waals surface area contributed by atoms with Gasteiger partial charge in [-0.05, 0) is 43.9 Å². The third kappa shape index (κ3) is 5.71. The summed E-state index contributed by atoms with van der Waals surface area (Å²) in [6, 6.07) is 0. The Labute approximate surface area is 140 Å². The van der Waals surface area contributed by atoms with E-state index in [0.29, 0.717) is 11.3 Å². The van der Waals surface area contributed by atoms with Crippen LogP contribution >= 0.6 is 15.9 Å². The molecule has 0 spiro atoms. The summed E-state index contributed by atoms with van der Waals surface area (Å²) in [5.41, 5.74) is 0.0349. The highest BCUT2D eigenvalue weighted by molar-refractivity contribution is 9.09. The molecule has 0 atom stereocenters. The fourth-order valence-electron chi connectivity index (χ4n) is 2.63. The summed E-state index contributed by atoms with van der Waals surface area (Å²) in [6.07, 6.45) is 3.90. The summed E-state index contributed by atoms with van der Waals surface area (Å²) in [5, 5.41) is 3.81. The van der Waals surface area contributed by atoms with Gasteiger partial charge < -0.3 is 9.57 Å². The van der Waals surface area contributed by atoms with Crippen LogP contribution in [-0.4, -0.2) is 35.5 Å². The van der Waals surface area contributed by atoms with E-state index in [9.17, 15) is 9.59 Å². The molecule has 0 aromatic heterocycles. The molecule has 0 N–H and O–H groups in total. The van der Waals surface area contributed by atoms with Gasteiger partial charge in [0.05, 0.1) is 11.9 Å². The fraction of sp³-hybridized carbons (Fsp3) is 0.812. The number of halogens is 1. The lowest BCUT2D eigenvalue weighted by molar-refractivity contribution is -0.136. The monoisotopic (exact) mass is 375 g/mol. The van der Waals surface area contributed by atoms with E-state index < -0.39 is 11.8 Å². The Bertz CT molecular complexity index is 420. The molecule has 1 aliphatic carbocycles. The fourth-order valence-corrected chi connectivity index (χ4v) is 2.89. The molecule has 0 saturated heterocycles. The number of ketones is 1. The van der Waals surface area contributed by atoms with Gasteiger partial charge in [-0.15, -0.1) is 0 Å². The molecule has 1 fully saturated rings. The number of rotatable bonds is 6. The van der Waals surface area contributed by atoms with Crippen molar-refractivity contribution in [3.8, 4) is 0 Å². The van der Waals surface area contributed by atoms with E-state index in [2.05, 4.69) is 41.9 Å².